The maximum Gasteiger partial charge on any atom is 0.408 e. The van der Waals surface area contributed by atoms with Crippen molar-refractivity contribution in [2.45, 2.75) is 83.9 Å². The second-order valence-corrected chi connectivity index (χ2v) is 7.36. The Morgan fingerprint density at radius 1 is 1.12 bits per heavy atom. The van der Waals surface area contributed by atoms with E-state index in [9.17, 15) is 14.4 Å². The summed E-state index contributed by atoms with van der Waals surface area (Å²) in [7, 11) is 0. The van der Waals surface area contributed by atoms with Crippen LogP contribution in [0.3, 0.4) is 0 Å². The van der Waals surface area contributed by atoms with Crippen LogP contribution in [0.4, 0.5) is 4.79 Å². The number of hydrogen-bond donors (Lipinski definition) is 3. The predicted molar refractivity (Wildman–Crippen MR) is 91.5 cm³/mol. The van der Waals surface area contributed by atoms with Gasteiger partial charge in [-0.2, -0.15) is 0 Å². The Kier molecular flexibility index (Phi) is 7.05. The maximum absolute atomic E-state index is 12.5. The van der Waals surface area contributed by atoms with Crippen LogP contribution in [0.2, 0.25) is 0 Å². The quantitative estimate of drug-likeness (QED) is 0.711. The van der Waals surface area contributed by atoms with Crippen molar-refractivity contribution in [1.82, 2.24) is 16.0 Å². The van der Waals surface area contributed by atoms with E-state index in [2.05, 4.69) is 16.0 Å². The fourth-order valence-electron chi connectivity index (χ4n) is 2.79. The highest BCUT2D eigenvalue weighted by Gasteiger charge is 2.41. The van der Waals surface area contributed by atoms with Crippen molar-refractivity contribution in [3.05, 3.63) is 0 Å². The van der Waals surface area contributed by atoms with Crippen LogP contribution >= 0.6 is 0 Å². The Morgan fingerprint density at radius 2 is 1.71 bits per heavy atom. The molecule has 138 valence electrons. The summed E-state index contributed by atoms with van der Waals surface area (Å²) in [5, 5.41) is 8.18. The molecule has 1 aliphatic carbocycles. The van der Waals surface area contributed by atoms with Gasteiger partial charge < -0.3 is 20.7 Å². The van der Waals surface area contributed by atoms with Crippen LogP contribution < -0.4 is 16.0 Å². The smallest absolute Gasteiger partial charge is 0.408 e. The monoisotopic (exact) mass is 341 g/mol. The van der Waals surface area contributed by atoms with Crippen molar-refractivity contribution in [3.8, 4) is 0 Å². The van der Waals surface area contributed by atoms with E-state index >= 15 is 0 Å². The van der Waals surface area contributed by atoms with E-state index in [0.29, 0.717) is 19.4 Å². The van der Waals surface area contributed by atoms with Crippen LogP contribution in [-0.2, 0) is 14.3 Å². The summed E-state index contributed by atoms with van der Waals surface area (Å²) in [4.78, 5) is 36.7. The van der Waals surface area contributed by atoms with Gasteiger partial charge in [0.2, 0.25) is 11.8 Å². The van der Waals surface area contributed by atoms with Crippen molar-refractivity contribution < 1.29 is 19.1 Å². The minimum atomic E-state index is -0.880. The van der Waals surface area contributed by atoms with E-state index in [1.165, 1.54) is 0 Å². The molecule has 7 heteroatoms. The number of hydrogen-bond acceptors (Lipinski definition) is 4. The third-order valence-corrected chi connectivity index (χ3v) is 3.97. The van der Waals surface area contributed by atoms with Gasteiger partial charge in [0.15, 0.2) is 0 Å². The van der Waals surface area contributed by atoms with Crippen molar-refractivity contribution in [3.63, 3.8) is 0 Å². The summed E-state index contributed by atoms with van der Waals surface area (Å²) in [5.74, 6) is -0.531. The van der Waals surface area contributed by atoms with Gasteiger partial charge in [-0.1, -0.05) is 19.3 Å². The molecule has 0 aromatic carbocycles. The van der Waals surface area contributed by atoms with Crippen molar-refractivity contribution in [2.75, 3.05) is 6.54 Å². The fourth-order valence-corrected chi connectivity index (χ4v) is 2.79. The average molecular weight is 341 g/mol. The van der Waals surface area contributed by atoms with E-state index in [-0.39, 0.29) is 11.8 Å². The van der Waals surface area contributed by atoms with E-state index in [1.54, 1.807) is 27.7 Å². The molecule has 0 radical (unpaired) electrons. The number of rotatable bonds is 5. The van der Waals surface area contributed by atoms with Gasteiger partial charge >= 0.3 is 6.09 Å². The number of alkyl carbamates (subject to hydrolysis) is 1. The molecule has 0 saturated heterocycles. The second kappa shape index (κ2) is 8.35. The van der Waals surface area contributed by atoms with E-state index in [1.807, 2.05) is 6.92 Å². The standard InChI is InChI=1S/C17H31N3O4/c1-6-18-14(22)17(10-8-7-9-11-17)20-13(21)12(2)19-15(23)24-16(3,4)5/h12H,6-11H2,1-5H3,(H,18,22)(H,19,23)(H,20,21)/t12-/m1/s1. The van der Waals surface area contributed by atoms with Gasteiger partial charge in [-0.15, -0.1) is 0 Å². The third kappa shape index (κ3) is 6.02. The highest BCUT2D eigenvalue weighted by molar-refractivity contribution is 5.94. The van der Waals surface area contributed by atoms with Crippen LogP contribution in [0.5, 0.6) is 0 Å². The maximum atomic E-state index is 12.5. The summed E-state index contributed by atoms with van der Waals surface area (Å²) in [6, 6.07) is -0.784. The average Bonchev–Trinajstić information content (AvgIpc) is 2.46. The van der Waals surface area contributed by atoms with Crippen LogP contribution in [-0.4, -0.2) is 41.6 Å². The summed E-state index contributed by atoms with van der Waals surface area (Å²) >= 11 is 0. The van der Waals surface area contributed by atoms with E-state index < -0.39 is 23.3 Å². The zero-order valence-corrected chi connectivity index (χ0v) is 15.5. The molecule has 0 aromatic rings. The van der Waals surface area contributed by atoms with Gasteiger partial charge in [0, 0.05) is 6.54 Å². The summed E-state index contributed by atoms with van der Waals surface area (Å²) in [6.07, 6.45) is 3.42. The molecule has 0 unspecified atom stereocenters. The van der Waals surface area contributed by atoms with Gasteiger partial charge in [-0.3, -0.25) is 9.59 Å². The van der Waals surface area contributed by atoms with Gasteiger partial charge in [-0.05, 0) is 47.5 Å². The molecule has 0 aliphatic heterocycles. The Hall–Kier alpha value is -1.79. The Morgan fingerprint density at radius 3 is 2.21 bits per heavy atom. The van der Waals surface area contributed by atoms with E-state index in [0.717, 1.165) is 19.3 Å². The lowest BCUT2D eigenvalue weighted by atomic mass is 9.80. The topological polar surface area (TPSA) is 96.5 Å². The molecule has 0 bridgehead atoms. The van der Waals surface area contributed by atoms with Crippen molar-refractivity contribution in [2.24, 2.45) is 0 Å². The third-order valence-electron chi connectivity index (χ3n) is 3.97. The summed E-state index contributed by atoms with van der Waals surface area (Å²) in [5.41, 5.74) is -1.51. The van der Waals surface area contributed by atoms with Crippen molar-refractivity contribution in [1.29, 1.82) is 0 Å². The van der Waals surface area contributed by atoms with Gasteiger partial charge in [0.05, 0.1) is 0 Å². The number of likely N-dealkylation sites (N-methyl/N-ethyl adjacent to an activating group) is 1. The highest BCUT2D eigenvalue weighted by atomic mass is 16.6. The first kappa shape index (κ1) is 20.3. The summed E-state index contributed by atoms with van der Waals surface area (Å²) < 4.78 is 5.15. The number of ether oxygens (including phenoxy) is 1. The fraction of sp³-hybridized carbons (Fsp3) is 0.824. The molecule has 1 fully saturated rings. The van der Waals surface area contributed by atoms with Crippen LogP contribution in [0.15, 0.2) is 0 Å². The largest absolute Gasteiger partial charge is 0.444 e. The number of carbonyl (C=O) groups is 3. The summed E-state index contributed by atoms with van der Waals surface area (Å²) in [6.45, 7) is 9.20. The molecular formula is C17H31N3O4. The molecule has 3 N–H and O–H groups in total. The van der Waals surface area contributed by atoms with E-state index in [4.69, 9.17) is 4.74 Å². The SMILES string of the molecule is CCNC(=O)C1(NC(=O)[C@@H](C)NC(=O)OC(C)(C)C)CCCCC1. The minimum Gasteiger partial charge on any atom is -0.444 e. The van der Waals surface area contributed by atoms with Gasteiger partial charge in [-0.25, -0.2) is 4.79 Å². The van der Waals surface area contributed by atoms with Crippen LogP contribution in [0.1, 0.15) is 66.7 Å². The molecule has 1 saturated carbocycles. The van der Waals surface area contributed by atoms with Crippen molar-refractivity contribution >= 4 is 17.9 Å². The molecule has 0 heterocycles. The second-order valence-electron chi connectivity index (χ2n) is 7.36. The Bertz CT molecular complexity index is 465. The zero-order valence-electron chi connectivity index (χ0n) is 15.5. The molecule has 3 amide bonds. The number of nitrogens with one attached hydrogen (secondary N) is 3. The predicted octanol–water partition coefficient (Wildman–Crippen LogP) is 1.85. The molecule has 0 spiro atoms. The number of carbonyl (C=O) groups excluding carboxylic acids is 3. The molecule has 0 aromatic heterocycles. The molecule has 1 atom stereocenters. The first-order chi connectivity index (χ1) is 11.1. The molecular weight excluding hydrogens is 310 g/mol. The molecule has 1 rings (SSSR count). The lowest BCUT2D eigenvalue weighted by molar-refractivity contribution is -0.135. The first-order valence-electron chi connectivity index (χ1n) is 8.69. The van der Waals surface area contributed by atoms with Crippen LogP contribution in [0.25, 0.3) is 0 Å². The lowest BCUT2D eigenvalue weighted by Gasteiger charge is -2.37. The minimum absolute atomic E-state index is 0.150. The zero-order chi connectivity index (χ0) is 18.4. The van der Waals surface area contributed by atoms with Crippen LogP contribution in [0, 0.1) is 0 Å². The number of amides is 3. The highest BCUT2D eigenvalue weighted by Crippen LogP contribution is 2.28. The first-order valence-corrected chi connectivity index (χ1v) is 8.69. The Balaban J connectivity index is 2.70. The normalized spacial score (nSPS) is 18.2. The lowest BCUT2D eigenvalue weighted by Crippen LogP contribution is -2.62. The Labute approximate surface area is 144 Å². The van der Waals surface area contributed by atoms with Gasteiger partial charge in [0.1, 0.15) is 17.2 Å². The molecule has 24 heavy (non-hydrogen) atoms. The van der Waals surface area contributed by atoms with Gasteiger partial charge in [0.25, 0.3) is 0 Å². The molecule has 7 nitrogen and oxygen atoms in total. The molecule has 1 aliphatic rings.